The first kappa shape index (κ1) is 16.4. The molecule has 0 bridgehead atoms. The molecule has 19 heavy (non-hydrogen) atoms. The van der Waals surface area contributed by atoms with Crippen LogP contribution in [0.5, 0.6) is 0 Å². The molecule has 1 rings (SSSR count). The van der Waals surface area contributed by atoms with Crippen molar-refractivity contribution in [2.45, 2.75) is 30.7 Å². The summed E-state index contributed by atoms with van der Waals surface area (Å²) in [4.78, 5) is 0.0414. The van der Waals surface area contributed by atoms with Gasteiger partial charge < -0.3 is 10.2 Å². The van der Waals surface area contributed by atoms with Crippen molar-refractivity contribution >= 4 is 21.6 Å². The van der Waals surface area contributed by atoms with Crippen molar-refractivity contribution in [1.82, 2.24) is 4.72 Å². The SMILES string of the molecule is CCC(CO)(CO)NS(=O)(=O)c1cccc(Cl)c1C. The zero-order valence-corrected chi connectivity index (χ0v) is 12.4. The summed E-state index contributed by atoms with van der Waals surface area (Å²) >= 11 is 5.90. The molecule has 1 aromatic rings. The summed E-state index contributed by atoms with van der Waals surface area (Å²) in [5, 5.41) is 18.9. The summed E-state index contributed by atoms with van der Waals surface area (Å²) in [7, 11) is -3.86. The molecule has 0 saturated carbocycles. The van der Waals surface area contributed by atoms with E-state index in [9.17, 15) is 18.6 Å². The second-order valence-corrected chi connectivity index (χ2v) is 6.48. The lowest BCUT2D eigenvalue weighted by atomic mass is 10.0. The van der Waals surface area contributed by atoms with Crippen molar-refractivity contribution in [1.29, 1.82) is 0 Å². The van der Waals surface area contributed by atoms with Crippen molar-refractivity contribution in [3.05, 3.63) is 28.8 Å². The summed E-state index contributed by atoms with van der Waals surface area (Å²) in [5.41, 5.74) is -0.842. The van der Waals surface area contributed by atoms with Crippen LogP contribution in [-0.4, -0.2) is 37.4 Å². The topological polar surface area (TPSA) is 86.6 Å². The van der Waals surface area contributed by atoms with Crippen LogP contribution in [0.15, 0.2) is 23.1 Å². The quantitative estimate of drug-likeness (QED) is 0.733. The molecule has 7 heteroatoms. The molecule has 0 aliphatic rings. The fourth-order valence-corrected chi connectivity index (χ4v) is 3.58. The van der Waals surface area contributed by atoms with Gasteiger partial charge in [0.1, 0.15) is 0 Å². The summed E-state index contributed by atoms with van der Waals surface area (Å²) < 4.78 is 27.0. The number of aliphatic hydroxyl groups is 2. The van der Waals surface area contributed by atoms with E-state index >= 15 is 0 Å². The summed E-state index contributed by atoms with van der Waals surface area (Å²) in [6.07, 6.45) is 0.263. The van der Waals surface area contributed by atoms with Gasteiger partial charge in [-0.1, -0.05) is 24.6 Å². The highest BCUT2D eigenvalue weighted by atomic mass is 35.5. The van der Waals surface area contributed by atoms with Gasteiger partial charge in [0.05, 0.1) is 23.6 Å². The molecular formula is C12H18ClNO4S. The Morgan fingerprint density at radius 2 is 1.89 bits per heavy atom. The molecule has 0 fully saturated rings. The van der Waals surface area contributed by atoms with Crippen molar-refractivity contribution in [2.75, 3.05) is 13.2 Å². The molecule has 0 aromatic heterocycles. The third-order valence-corrected chi connectivity index (χ3v) is 5.27. The van der Waals surface area contributed by atoms with Crippen LogP contribution in [0.2, 0.25) is 5.02 Å². The van der Waals surface area contributed by atoms with E-state index in [-0.39, 0.29) is 11.3 Å². The fraction of sp³-hybridized carbons (Fsp3) is 0.500. The number of sulfonamides is 1. The lowest BCUT2D eigenvalue weighted by molar-refractivity contribution is 0.105. The Morgan fingerprint density at radius 3 is 2.37 bits per heavy atom. The highest BCUT2D eigenvalue weighted by Crippen LogP contribution is 2.24. The van der Waals surface area contributed by atoms with Gasteiger partial charge in [-0.2, -0.15) is 0 Å². The fourth-order valence-electron chi connectivity index (χ4n) is 1.63. The van der Waals surface area contributed by atoms with Crippen LogP contribution in [-0.2, 0) is 10.0 Å². The Morgan fingerprint density at radius 1 is 1.32 bits per heavy atom. The Bertz CT molecular complexity index is 532. The van der Waals surface area contributed by atoms with Crippen molar-refractivity contribution in [3.63, 3.8) is 0 Å². The number of benzene rings is 1. The summed E-state index contributed by atoms with van der Waals surface area (Å²) in [5.74, 6) is 0. The molecule has 0 saturated heterocycles. The molecule has 5 nitrogen and oxygen atoms in total. The first-order valence-electron chi connectivity index (χ1n) is 5.82. The van der Waals surface area contributed by atoms with Gasteiger partial charge in [-0.05, 0) is 31.0 Å². The Kier molecular flexibility index (Phi) is 5.34. The van der Waals surface area contributed by atoms with Gasteiger partial charge in [-0.15, -0.1) is 0 Å². The molecule has 0 heterocycles. The van der Waals surface area contributed by atoms with Crippen LogP contribution in [0.1, 0.15) is 18.9 Å². The van der Waals surface area contributed by atoms with E-state index in [1.807, 2.05) is 0 Å². The van der Waals surface area contributed by atoms with Crippen molar-refractivity contribution in [2.24, 2.45) is 0 Å². The molecule has 0 amide bonds. The lowest BCUT2D eigenvalue weighted by Crippen LogP contribution is -2.53. The van der Waals surface area contributed by atoms with E-state index in [2.05, 4.69) is 4.72 Å². The molecule has 0 atom stereocenters. The highest BCUT2D eigenvalue weighted by molar-refractivity contribution is 7.89. The first-order valence-corrected chi connectivity index (χ1v) is 7.69. The zero-order valence-electron chi connectivity index (χ0n) is 10.9. The largest absolute Gasteiger partial charge is 0.394 e. The minimum atomic E-state index is -3.86. The van der Waals surface area contributed by atoms with Crippen LogP contribution >= 0.6 is 11.6 Å². The van der Waals surface area contributed by atoms with Crippen LogP contribution in [0.4, 0.5) is 0 Å². The number of halogens is 1. The van der Waals surface area contributed by atoms with Gasteiger partial charge in [0.15, 0.2) is 0 Å². The number of aliphatic hydroxyl groups excluding tert-OH is 2. The molecule has 0 radical (unpaired) electrons. The van der Waals surface area contributed by atoms with Gasteiger partial charge >= 0.3 is 0 Å². The zero-order chi connectivity index (χ0) is 14.7. The number of hydrogen-bond donors (Lipinski definition) is 3. The first-order chi connectivity index (χ1) is 8.82. The maximum absolute atomic E-state index is 12.3. The van der Waals surface area contributed by atoms with E-state index in [4.69, 9.17) is 11.6 Å². The van der Waals surface area contributed by atoms with Crippen LogP contribution < -0.4 is 4.72 Å². The minimum absolute atomic E-state index is 0.0414. The average molecular weight is 308 g/mol. The van der Waals surface area contributed by atoms with Crippen LogP contribution in [0.25, 0.3) is 0 Å². The van der Waals surface area contributed by atoms with Crippen LogP contribution in [0, 0.1) is 6.92 Å². The normalized spacial score (nSPS) is 12.7. The average Bonchev–Trinajstić information content (AvgIpc) is 2.39. The molecule has 1 aromatic carbocycles. The minimum Gasteiger partial charge on any atom is -0.394 e. The second kappa shape index (κ2) is 6.19. The smallest absolute Gasteiger partial charge is 0.241 e. The van der Waals surface area contributed by atoms with E-state index in [1.165, 1.54) is 12.1 Å². The predicted molar refractivity (Wildman–Crippen MR) is 73.7 cm³/mol. The van der Waals surface area contributed by atoms with Gasteiger partial charge in [0.25, 0.3) is 0 Å². The Hall–Kier alpha value is -0.660. The Labute approximate surface area is 118 Å². The molecule has 0 aliphatic carbocycles. The van der Waals surface area contributed by atoms with Gasteiger partial charge in [-0.3, -0.25) is 0 Å². The maximum atomic E-state index is 12.3. The molecule has 0 unspecified atom stereocenters. The standard InChI is InChI=1S/C12H18ClNO4S/c1-3-12(7-15,8-16)14-19(17,18)11-6-4-5-10(13)9(11)2/h4-6,14-16H,3,7-8H2,1-2H3. The summed E-state index contributed by atoms with van der Waals surface area (Å²) in [6, 6.07) is 4.56. The van der Waals surface area contributed by atoms with E-state index in [0.717, 1.165) is 0 Å². The third-order valence-electron chi connectivity index (χ3n) is 3.14. The molecule has 0 aliphatic heterocycles. The van der Waals surface area contributed by atoms with Gasteiger partial charge in [0, 0.05) is 5.02 Å². The molecule has 0 spiro atoms. The predicted octanol–water partition coefficient (Wildman–Crippen LogP) is 1.06. The van der Waals surface area contributed by atoms with E-state index < -0.39 is 28.8 Å². The van der Waals surface area contributed by atoms with Crippen LogP contribution in [0.3, 0.4) is 0 Å². The monoisotopic (exact) mass is 307 g/mol. The number of rotatable bonds is 6. The summed E-state index contributed by atoms with van der Waals surface area (Å²) in [6.45, 7) is 2.31. The van der Waals surface area contributed by atoms with Crippen molar-refractivity contribution in [3.8, 4) is 0 Å². The van der Waals surface area contributed by atoms with Crippen molar-refractivity contribution < 1.29 is 18.6 Å². The van der Waals surface area contributed by atoms with Gasteiger partial charge in [-0.25, -0.2) is 13.1 Å². The van der Waals surface area contributed by atoms with E-state index in [1.54, 1.807) is 19.9 Å². The lowest BCUT2D eigenvalue weighted by Gasteiger charge is -2.29. The highest BCUT2D eigenvalue weighted by Gasteiger charge is 2.33. The third kappa shape index (κ3) is 3.46. The Balaban J connectivity index is 3.22. The maximum Gasteiger partial charge on any atom is 0.241 e. The number of nitrogens with one attached hydrogen (secondary N) is 1. The number of hydrogen-bond acceptors (Lipinski definition) is 4. The molecule has 108 valence electrons. The molecular weight excluding hydrogens is 290 g/mol. The molecule has 3 N–H and O–H groups in total. The second-order valence-electron chi connectivity index (χ2n) is 4.42. The van der Waals surface area contributed by atoms with Gasteiger partial charge in [0.2, 0.25) is 10.0 Å². The van der Waals surface area contributed by atoms with E-state index in [0.29, 0.717) is 10.6 Å².